The minimum absolute atomic E-state index is 0.0101. The van der Waals surface area contributed by atoms with Gasteiger partial charge in [0, 0.05) is 39.3 Å². The van der Waals surface area contributed by atoms with Gasteiger partial charge in [0.1, 0.15) is 17.8 Å². The molecule has 2 atom stereocenters. The average molecular weight is 601 g/mol. The zero-order chi connectivity index (χ0) is 31.1. The first-order valence-electron chi connectivity index (χ1n) is 13.6. The number of carbonyl (C=O) groups excluding carboxylic acids is 3. The summed E-state index contributed by atoms with van der Waals surface area (Å²) in [6.07, 6.45) is 1.41. The van der Waals surface area contributed by atoms with Crippen LogP contribution in [0.1, 0.15) is 30.0 Å². The minimum atomic E-state index is -1.38. The molecule has 4 amide bonds. The molecule has 228 valence electrons. The Morgan fingerprint density at radius 2 is 1.81 bits per heavy atom. The molecule has 0 radical (unpaired) electrons. The lowest BCUT2D eigenvalue weighted by molar-refractivity contribution is -0.144. The normalized spacial score (nSPS) is 19.1. The van der Waals surface area contributed by atoms with Gasteiger partial charge in [0.15, 0.2) is 11.6 Å². The van der Waals surface area contributed by atoms with Crippen molar-refractivity contribution >= 4 is 29.4 Å². The molecule has 2 heterocycles. The molecule has 11 nitrogen and oxygen atoms in total. The van der Waals surface area contributed by atoms with E-state index in [9.17, 15) is 32.8 Å². The monoisotopic (exact) mass is 600 g/mol. The van der Waals surface area contributed by atoms with Crippen LogP contribution >= 0.6 is 0 Å². The van der Waals surface area contributed by atoms with Crippen LogP contribution in [0, 0.1) is 34.7 Å². The van der Waals surface area contributed by atoms with E-state index in [1.54, 1.807) is 0 Å². The molecule has 14 heteroatoms. The smallest absolute Gasteiger partial charge is 0.352 e. The summed E-state index contributed by atoms with van der Waals surface area (Å²) >= 11 is 0. The molecule has 0 aliphatic carbocycles. The first-order valence-corrected chi connectivity index (χ1v) is 13.6. The van der Waals surface area contributed by atoms with E-state index < -0.39 is 47.4 Å². The molecule has 0 aromatic heterocycles. The van der Waals surface area contributed by atoms with Gasteiger partial charge >= 0.3 is 18.0 Å². The molecule has 0 bridgehead atoms. The second-order valence-corrected chi connectivity index (χ2v) is 10.0. The van der Waals surface area contributed by atoms with E-state index in [0.717, 1.165) is 19.2 Å². The highest BCUT2D eigenvalue weighted by Gasteiger charge is 2.47. The number of hydrogen-bond acceptors (Lipinski definition) is 8. The number of esters is 1. The van der Waals surface area contributed by atoms with Gasteiger partial charge in [0.05, 0.1) is 36.7 Å². The van der Waals surface area contributed by atoms with Gasteiger partial charge in [-0.2, -0.15) is 10.3 Å². The van der Waals surface area contributed by atoms with Gasteiger partial charge in [-0.3, -0.25) is 4.79 Å². The molecular weight excluding hydrogens is 569 g/mol. The van der Waals surface area contributed by atoms with Crippen LogP contribution in [0.25, 0.3) is 0 Å². The van der Waals surface area contributed by atoms with E-state index in [0.29, 0.717) is 48.6 Å². The molecule has 0 saturated carbocycles. The quantitative estimate of drug-likeness (QED) is 0.331. The molecule has 2 aliphatic rings. The third-order valence-electron chi connectivity index (χ3n) is 7.40. The predicted octanol–water partition coefficient (Wildman–Crippen LogP) is 3.30. The molecule has 2 aromatic rings. The Morgan fingerprint density at radius 3 is 2.47 bits per heavy atom. The number of methoxy groups -OCH3 is 2. The summed E-state index contributed by atoms with van der Waals surface area (Å²) in [7, 11) is 2.45. The Labute approximate surface area is 246 Å². The number of imide groups is 1. The Bertz CT molecular complexity index is 1440. The molecule has 2 aliphatic heterocycles. The lowest BCUT2D eigenvalue weighted by Gasteiger charge is -2.37. The second kappa shape index (κ2) is 14.1. The molecule has 43 heavy (non-hydrogen) atoms. The van der Waals surface area contributed by atoms with Gasteiger partial charge in [0.25, 0.3) is 0 Å². The number of aliphatic imine (C=N–C) groups is 1. The average Bonchev–Trinajstić information content (AvgIpc) is 3.00. The van der Waals surface area contributed by atoms with Crippen LogP contribution in [0.4, 0.5) is 28.4 Å². The Balaban J connectivity index is 1.41. The van der Waals surface area contributed by atoms with Crippen molar-refractivity contribution in [1.29, 1.82) is 5.26 Å². The van der Waals surface area contributed by atoms with E-state index in [-0.39, 0.29) is 30.5 Å². The van der Waals surface area contributed by atoms with Gasteiger partial charge in [-0.05, 0) is 48.7 Å². The number of halogens is 3. The van der Waals surface area contributed by atoms with Crippen LogP contribution in [0.2, 0.25) is 0 Å². The Morgan fingerprint density at radius 1 is 1.07 bits per heavy atom. The molecule has 0 spiro atoms. The molecule has 4 rings (SSSR count). The van der Waals surface area contributed by atoms with E-state index >= 15 is 0 Å². The molecule has 2 N–H and O–H groups in total. The van der Waals surface area contributed by atoms with Crippen molar-refractivity contribution in [2.24, 2.45) is 10.9 Å². The highest BCUT2D eigenvalue weighted by atomic mass is 19.2. The minimum Gasteiger partial charge on any atom is -0.468 e. The van der Waals surface area contributed by atoms with E-state index in [4.69, 9.17) is 9.47 Å². The van der Waals surface area contributed by atoms with Gasteiger partial charge in [-0.15, -0.1) is 0 Å². The van der Waals surface area contributed by atoms with Gasteiger partial charge in [-0.25, -0.2) is 27.7 Å². The summed E-state index contributed by atoms with van der Waals surface area (Å²) < 4.78 is 51.7. The summed E-state index contributed by atoms with van der Waals surface area (Å²) in [5.41, 5.74) is 0.921. The summed E-state index contributed by atoms with van der Waals surface area (Å²) in [4.78, 5) is 45.7. The van der Waals surface area contributed by atoms with Crippen molar-refractivity contribution in [3.05, 3.63) is 65.0 Å². The number of hydrogen-bond donors (Lipinski definition) is 2. The fourth-order valence-electron chi connectivity index (χ4n) is 5.33. The van der Waals surface area contributed by atoms with Gasteiger partial charge in [-0.1, -0.05) is 6.07 Å². The predicted molar refractivity (Wildman–Crippen MR) is 149 cm³/mol. The number of benzene rings is 2. The first kappa shape index (κ1) is 31.5. The maximum atomic E-state index is 14.2. The number of nitriles is 1. The van der Waals surface area contributed by atoms with Crippen LogP contribution in [-0.4, -0.2) is 81.7 Å². The summed E-state index contributed by atoms with van der Waals surface area (Å²) in [5, 5.41) is 15.3. The molecule has 1 unspecified atom stereocenters. The number of piperidine rings is 1. The van der Waals surface area contributed by atoms with Crippen molar-refractivity contribution in [2.75, 3.05) is 51.9 Å². The van der Waals surface area contributed by atoms with Gasteiger partial charge < -0.3 is 25.0 Å². The summed E-state index contributed by atoms with van der Waals surface area (Å²) in [6, 6.07) is 5.80. The number of anilines is 1. The van der Waals surface area contributed by atoms with Crippen LogP contribution in [0.5, 0.6) is 0 Å². The number of urea groups is 2. The number of rotatable bonds is 9. The number of ether oxygens (including phenoxy) is 2. The number of amides is 4. The van der Waals surface area contributed by atoms with E-state index in [2.05, 4.69) is 21.7 Å². The summed E-state index contributed by atoms with van der Waals surface area (Å²) in [5.74, 6) is -4.94. The van der Waals surface area contributed by atoms with Crippen molar-refractivity contribution in [2.45, 2.75) is 24.9 Å². The molecular formula is C29H31F3N6O5. The lowest BCUT2D eigenvalue weighted by Crippen LogP contribution is -2.54. The maximum Gasteiger partial charge on any atom is 0.352 e. The SMILES string of the molecule is COCC1=NC(=O)N(C(=O)NCCNC2CCN(c3cc(F)ccc3C#N)CC2)[C@@H](c2ccc(F)c(F)c2)C1C(=O)OC. The third-order valence-corrected chi connectivity index (χ3v) is 7.40. The zero-order valence-electron chi connectivity index (χ0n) is 23.6. The largest absolute Gasteiger partial charge is 0.468 e. The van der Waals surface area contributed by atoms with Crippen molar-refractivity contribution in [1.82, 2.24) is 15.5 Å². The topological polar surface area (TPSA) is 136 Å². The number of carbonyl (C=O) groups is 3. The Kier molecular flexibility index (Phi) is 10.3. The molecule has 1 fully saturated rings. The molecule has 2 aromatic carbocycles. The number of nitrogens with one attached hydrogen (secondary N) is 2. The van der Waals surface area contributed by atoms with E-state index in [1.807, 2.05) is 4.90 Å². The fourth-order valence-corrected chi connectivity index (χ4v) is 5.33. The lowest BCUT2D eigenvalue weighted by atomic mass is 9.86. The maximum absolute atomic E-state index is 14.2. The second-order valence-electron chi connectivity index (χ2n) is 10.0. The highest BCUT2D eigenvalue weighted by molar-refractivity contribution is 6.12. The van der Waals surface area contributed by atoms with Crippen molar-refractivity contribution in [3.63, 3.8) is 0 Å². The Hall–Kier alpha value is -4.48. The van der Waals surface area contributed by atoms with Crippen LogP contribution in [0.3, 0.4) is 0 Å². The zero-order valence-corrected chi connectivity index (χ0v) is 23.6. The summed E-state index contributed by atoms with van der Waals surface area (Å²) in [6.45, 7) is 1.37. The number of nitrogens with zero attached hydrogens (tertiary/aromatic N) is 4. The van der Waals surface area contributed by atoms with E-state index in [1.165, 1.54) is 31.4 Å². The standard InChI is InChI=1S/C29H31F3N6O5/c1-42-16-23-25(27(39)43-2)26(17-4-6-21(31)22(32)13-17)38(29(41)36-23)28(40)35-10-9-34-20-7-11-37(12-8-20)24-14-19(30)5-3-18(24)15-33/h3-6,13-14,20,25-26,34H,7-12,16H2,1-2H3,(H,35,40)/t25?,26-/m0/s1. The highest BCUT2D eigenvalue weighted by Crippen LogP contribution is 2.36. The third kappa shape index (κ3) is 7.12. The van der Waals surface area contributed by atoms with Crippen molar-refractivity contribution < 1.29 is 37.0 Å². The van der Waals surface area contributed by atoms with Crippen molar-refractivity contribution in [3.8, 4) is 6.07 Å². The van der Waals surface area contributed by atoms with Gasteiger partial charge in [0.2, 0.25) is 0 Å². The van der Waals surface area contributed by atoms with Crippen LogP contribution < -0.4 is 15.5 Å². The van der Waals surface area contributed by atoms with Crippen LogP contribution in [0.15, 0.2) is 41.4 Å². The fraction of sp³-hybridized carbons (Fsp3) is 0.414. The first-order chi connectivity index (χ1) is 20.7. The van der Waals surface area contributed by atoms with Crippen LogP contribution in [-0.2, 0) is 14.3 Å². The molecule has 1 saturated heterocycles.